The number of nitrogens with zero attached hydrogens (tertiary/aromatic N) is 4. The number of carbonyl (C=O) groups excluding carboxylic acids is 1. The highest BCUT2D eigenvalue weighted by Gasteiger charge is 2.19. The molecule has 0 radical (unpaired) electrons. The lowest BCUT2D eigenvalue weighted by atomic mass is 10.3. The van der Waals surface area contributed by atoms with Crippen molar-refractivity contribution in [3.8, 4) is 0 Å². The summed E-state index contributed by atoms with van der Waals surface area (Å²) >= 11 is 0. The van der Waals surface area contributed by atoms with Crippen LogP contribution in [0.1, 0.15) is 5.69 Å². The standard InChI is InChI=1S/C17H21N5O/c23-17(20-13-15-5-1-3-7-18-15)14-21-9-11-22(12-10-21)16-6-2-4-8-19-16/h1-8H,9-14H2,(H,20,23). The molecule has 6 heteroatoms. The zero-order valence-electron chi connectivity index (χ0n) is 13.1. The highest BCUT2D eigenvalue weighted by Crippen LogP contribution is 2.12. The Balaban J connectivity index is 1.41. The molecule has 0 unspecified atom stereocenters. The molecule has 0 spiro atoms. The third-order valence-corrected chi connectivity index (χ3v) is 3.91. The summed E-state index contributed by atoms with van der Waals surface area (Å²) in [6.07, 6.45) is 3.55. The summed E-state index contributed by atoms with van der Waals surface area (Å²) in [4.78, 5) is 25.0. The molecular formula is C17H21N5O. The Morgan fingerprint density at radius 2 is 1.74 bits per heavy atom. The Bertz CT molecular complexity index is 611. The molecule has 1 fully saturated rings. The fraction of sp³-hybridized carbons (Fsp3) is 0.353. The maximum Gasteiger partial charge on any atom is 0.234 e. The van der Waals surface area contributed by atoms with Gasteiger partial charge in [-0.15, -0.1) is 0 Å². The molecule has 1 saturated heterocycles. The molecule has 0 saturated carbocycles. The van der Waals surface area contributed by atoms with Gasteiger partial charge in [-0.05, 0) is 24.3 Å². The van der Waals surface area contributed by atoms with Gasteiger partial charge in [-0.25, -0.2) is 4.98 Å². The molecule has 2 aromatic heterocycles. The molecule has 1 aliphatic rings. The van der Waals surface area contributed by atoms with Crippen LogP contribution in [0.25, 0.3) is 0 Å². The summed E-state index contributed by atoms with van der Waals surface area (Å²) in [5.41, 5.74) is 0.876. The summed E-state index contributed by atoms with van der Waals surface area (Å²) in [6, 6.07) is 11.6. The van der Waals surface area contributed by atoms with Gasteiger partial charge in [0.25, 0.3) is 0 Å². The first kappa shape index (κ1) is 15.4. The van der Waals surface area contributed by atoms with Crippen molar-refractivity contribution in [3.05, 3.63) is 54.5 Å². The lowest BCUT2D eigenvalue weighted by Gasteiger charge is -2.34. The van der Waals surface area contributed by atoms with E-state index in [1.807, 2.05) is 42.6 Å². The average Bonchev–Trinajstić information content (AvgIpc) is 2.62. The first-order valence-electron chi connectivity index (χ1n) is 7.86. The van der Waals surface area contributed by atoms with E-state index in [1.54, 1.807) is 6.20 Å². The lowest BCUT2D eigenvalue weighted by molar-refractivity contribution is -0.122. The number of hydrogen-bond acceptors (Lipinski definition) is 5. The van der Waals surface area contributed by atoms with E-state index in [4.69, 9.17) is 0 Å². The second-order valence-corrected chi connectivity index (χ2v) is 5.55. The normalized spacial score (nSPS) is 15.4. The zero-order chi connectivity index (χ0) is 15.9. The molecule has 0 bridgehead atoms. The molecule has 0 aromatic carbocycles. The van der Waals surface area contributed by atoms with E-state index in [1.165, 1.54) is 0 Å². The molecule has 0 aliphatic carbocycles. The summed E-state index contributed by atoms with van der Waals surface area (Å²) in [5.74, 6) is 1.05. The van der Waals surface area contributed by atoms with Crippen molar-refractivity contribution in [2.45, 2.75) is 6.54 Å². The van der Waals surface area contributed by atoms with Crippen molar-refractivity contribution >= 4 is 11.7 Å². The van der Waals surface area contributed by atoms with Gasteiger partial charge in [0.1, 0.15) is 5.82 Å². The van der Waals surface area contributed by atoms with Crippen molar-refractivity contribution in [3.63, 3.8) is 0 Å². The minimum Gasteiger partial charge on any atom is -0.354 e. The van der Waals surface area contributed by atoms with Crippen LogP contribution in [-0.2, 0) is 11.3 Å². The van der Waals surface area contributed by atoms with Crippen LogP contribution in [0.2, 0.25) is 0 Å². The van der Waals surface area contributed by atoms with Gasteiger partial charge in [-0.3, -0.25) is 14.7 Å². The molecule has 3 heterocycles. The Kier molecular flexibility index (Phi) is 5.16. The number of anilines is 1. The van der Waals surface area contributed by atoms with Crippen LogP contribution in [-0.4, -0.2) is 53.5 Å². The first-order chi connectivity index (χ1) is 11.3. The molecule has 0 atom stereocenters. The number of hydrogen-bond donors (Lipinski definition) is 1. The zero-order valence-corrected chi connectivity index (χ0v) is 13.1. The van der Waals surface area contributed by atoms with E-state index in [0.717, 1.165) is 37.7 Å². The van der Waals surface area contributed by atoms with E-state index < -0.39 is 0 Å². The molecule has 2 aromatic rings. The minimum absolute atomic E-state index is 0.0435. The van der Waals surface area contributed by atoms with Gasteiger partial charge in [-0.2, -0.15) is 0 Å². The van der Waals surface area contributed by atoms with Crippen LogP contribution >= 0.6 is 0 Å². The van der Waals surface area contributed by atoms with Gasteiger partial charge in [0.2, 0.25) is 5.91 Å². The highest BCUT2D eigenvalue weighted by molar-refractivity contribution is 5.78. The number of piperazine rings is 1. The number of aromatic nitrogens is 2. The fourth-order valence-corrected chi connectivity index (χ4v) is 2.63. The van der Waals surface area contributed by atoms with Gasteiger partial charge in [-0.1, -0.05) is 12.1 Å². The van der Waals surface area contributed by atoms with Crippen molar-refractivity contribution in [2.75, 3.05) is 37.6 Å². The van der Waals surface area contributed by atoms with Crippen LogP contribution in [0.3, 0.4) is 0 Å². The minimum atomic E-state index is 0.0435. The molecular weight excluding hydrogens is 290 g/mol. The van der Waals surface area contributed by atoms with E-state index in [0.29, 0.717) is 13.1 Å². The van der Waals surface area contributed by atoms with Gasteiger partial charge >= 0.3 is 0 Å². The Morgan fingerprint density at radius 1 is 1.00 bits per heavy atom. The SMILES string of the molecule is O=C(CN1CCN(c2ccccn2)CC1)NCc1ccccn1. The molecule has 120 valence electrons. The second-order valence-electron chi connectivity index (χ2n) is 5.55. The molecule has 6 nitrogen and oxygen atoms in total. The summed E-state index contributed by atoms with van der Waals surface area (Å²) in [5, 5.41) is 2.92. The van der Waals surface area contributed by atoms with Crippen molar-refractivity contribution in [1.82, 2.24) is 20.2 Å². The topological polar surface area (TPSA) is 61.4 Å². The summed E-state index contributed by atoms with van der Waals surface area (Å²) in [7, 11) is 0. The highest BCUT2D eigenvalue weighted by atomic mass is 16.2. The predicted octanol–water partition coefficient (Wildman–Crippen LogP) is 0.915. The van der Waals surface area contributed by atoms with E-state index >= 15 is 0 Å². The van der Waals surface area contributed by atoms with Crippen molar-refractivity contribution in [1.29, 1.82) is 0 Å². The maximum atomic E-state index is 12.0. The number of carbonyl (C=O) groups is 1. The maximum absolute atomic E-state index is 12.0. The van der Waals surface area contributed by atoms with Crippen molar-refractivity contribution in [2.24, 2.45) is 0 Å². The second kappa shape index (κ2) is 7.69. The Labute approximate surface area is 136 Å². The summed E-state index contributed by atoms with van der Waals surface area (Å²) in [6.45, 7) is 4.44. The van der Waals surface area contributed by atoms with Gasteiger partial charge in [0.05, 0.1) is 18.8 Å². The third-order valence-electron chi connectivity index (χ3n) is 3.91. The summed E-state index contributed by atoms with van der Waals surface area (Å²) < 4.78 is 0. The Morgan fingerprint density at radius 3 is 2.39 bits per heavy atom. The number of amides is 1. The van der Waals surface area contributed by atoms with Crippen LogP contribution in [0.4, 0.5) is 5.82 Å². The molecule has 23 heavy (non-hydrogen) atoms. The van der Waals surface area contributed by atoms with Crippen LogP contribution in [0, 0.1) is 0 Å². The molecule has 1 aliphatic heterocycles. The number of pyridine rings is 2. The molecule has 1 amide bonds. The smallest absolute Gasteiger partial charge is 0.234 e. The largest absolute Gasteiger partial charge is 0.354 e. The van der Waals surface area contributed by atoms with Gasteiger partial charge < -0.3 is 10.2 Å². The predicted molar refractivity (Wildman–Crippen MR) is 89.0 cm³/mol. The fourth-order valence-electron chi connectivity index (χ4n) is 2.63. The van der Waals surface area contributed by atoms with Crippen molar-refractivity contribution < 1.29 is 4.79 Å². The third kappa shape index (κ3) is 4.50. The van der Waals surface area contributed by atoms with E-state index in [9.17, 15) is 4.79 Å². The number of rotatable bonds is 5. The van der Waals surface area contributed by atoms with Gasteiger partial charge in [0, 0.05) is 38.6 Å². The van der Waals surface area contributed by atoms with Gasteiger partial charge in [0.15, 0.2) is 0 Å². The monoisotopic (exact) mass is 311 g/mol. The average molecular weight is 311 g/mol. The Hall–Kier alpha value is -2.47. The number of nitrogens with one attached hydrogen (secondary N) is 1. The van der Waals surface area contributed by atoms with E-state index in [2.05, 4.69) is 25.1 Å². The van der Waals surface area contributed by atoms with E-state index in [-0.39, 0.29) is 5.91 Å². The molecule has 3 rings (SSSR count). The van der Waals surface area contributed by atoms with Crippen LogP contribution in [0.15, 0.2) is 48.8 Å². The quantitative estimate of drug-likeness (QED) is 0.889. The lowest BCUT2D eigenvalue weighted by Crippen LogP contribution is -2.49. The molecule has 1 N–H and O–H groups in total. The van der Waals surface area contributed by atoms with Crippen LogP contribution in [0.5, 0.6) is 0 Å². The first-order valence-corrected chi connectivity index (χ1v) is 7.86. The van der Waals surface area contributed by atoms with Crippen LogP contribution < -0.4 is 10.2 Å².